The second-order valence-electron chi connectivity index (χ2n) is 5.84. The number of nitrogens with one attached hydrogen (secondary N) is 2. The van der Waals surface area contributed by atoms with Crippen LogP contribution in [-0.2, 0) is 10.0 Å². The fraction of sp³-hybridized carbons (Fsp3) is 0.600. The highest BCUT2D eigenvalue weighted by Gasteiger charge is 2.35. The lowest BCUT2D eigenvalue weighted by molar-refractivity contribution is 0.340. The van der Waals surface area contributed by atoms with Gasteiger partial charge in [-0.3, -0.25) is 0 Å². The van der Waals surface area contributed by atoms with Crippen molar-refractivity contribution in [3.05, 3.63) is 24.3 Å². The summed E-state index contributed by atoms with van der Waals surface area (Å²) in [5.74, 6) is 0.633. The number of hydrogen-bond donors (Lipinski definition) is 2. The third-order valence-electron chi connectivity index (χ3n) is 4.43. The third-order valence-corrected chi connectivity index (χ3v) is 6.02. The van der Waals surface area contributed by atoms with Crippen LogP contribution in [0, 0.1) is 5.92 Å². The maximum Gasteiger partial charge on any atom is 0.242 e. The van der Waals surface area contributed by atoms with Crippen molar-refractivity contribution < 1.29 is 8.42 Å². The maximum atomic E-state index is 12.4. The number of fused-ring (bicyclic) bond motifs is 1. The molecule has 21 heavy (non-hydrogen) atoms. The quantitative estimate of drug-likeness (QED) is 0.876. The molecular weight excluding hydrogens is 286 g/mol. The molecule has 2 aliphatic heterocycles. The summed E-state index contributed by atoms with van der Waals surface area (Å²) < 4.78 is 27.3. The minimum Gasteiger partial charge on any atom is -0.369 e. The van der Waals surface area contributed by atoms with Gasteiger partial charge >= 0.3 is 0 Å². The van der Waals surface area contributed by atoms with Crippen LogP contribution < -0.4 is 14.9 Å². The molecule has 3 rings (SSSR count). The lowest BCUT2D eigenvalue weighted by atomic mass is 9.94. The minimum atomic E-state index is -3.42. The van der Waals surface area contributed by atoms with Gasteiger partial charge in [-0.2, -0.15) is 0 Å². The van der Waals surface area contributed by atoms with Gasteiger partial charge in [0.25, 0.3) is 0 Å². The average molecular weight is 309 g/mol. The van der Waals surface area contributed by atoms with Gasteiger partial charge in [-0.25, -0.2) is 13.1 Å². The lowest BCUT2D eigenvalue weighted by Crippen LogP contribution is -2.40. The van der Waals surface area contributed by atoms with Crippen molar-refractivity contribution in [2.24, 2.45) is 5.92 Å². The van der Waals surface area contributed by atoms with E-state index in [-0.39, 0.29) is 0 Å². The largest absolute Gasteiger partial charge is 0.369 e. The molecule has 6 heteroatoms. The Labute approximate surface area is 126 Å². The molecule has 0 spiro atoms. The third kappa shape index (κ3) is 2.93. The molecule has 5 nitrogen and oxygen atoms in total. The summed E-state index contributed by atoms with van der Waals surface area (Å²) >= 11 is 0. The van der Waals surface area contributed by atoms with Crippen LogP contribution in [0.4, 0.5) is 5.69 Å². The van der Waals surface area contributed by atoms with Crippen molar-refractivity contribution in [1.82, 2.24) is 10.0 Å². The Morgan fingerprint density at radius 3 is 2.90 bits per heavy atom. The maximum absolute atomic E-state index is 12.4. The van der Waals surface area contributed by atoms with Crippen LogP contribution in [0.3, 0.4) is 0 Å². The van der Waals surface area contributed by atoms with Gasteiger partial charge < -0.3 is 10.2 Å². The van der Waals surface area contributed by atoms with E-state index in [4.69, 9.17) is 0 Å². The molecule has 2 N–H and O–H groups in total. The fourth-order valence-corrected chi connectivity index (χ4v) is 4.72. The summed E-state index contributed by atoms with van der Waals surface area (Å²) in [5, 5.41) is 3.56. The summed E-state index contributed by atoms with van der Waals surface area (Å²) in [6.07, 6.45) is 2.45. The van der Waals surface area contributed by atoms with Gasteiger partial charge in [-0.05, 0) is 37.4 Å². The van der Waals surface area contributed by atoms with E-state index in [1.54, 1.807) is 19.1 Å². The molecule has 1 aromatic carbocycles. The Hall–Kier alpha value is -1.11. The van der Waals surface area contributed by atoms with Crippen LogP contribution in [-0.4, -0.2) is 40.6 Å². The van der Waals surface area contributed by atoms with Crippen molar-refractivity contribution in [1.29, 1.82) is 0 Å². The molecule has 0 saturated carbocycles. The van der Waals surface area contributed by atoms with Crippen molar-refractivity contribution in [2.75, 3.05) is 31.1 Å². The molecule has 1 aromatic rings. The molecule has 2 atom stereocenters. The molecule has 0 amide bonds. The predicted octanol–water partition coefficient (Wildman–Crippen LogP) is 1.17. The monoisotopic (exact) mass is 309 g/mol. The van der Waals surface area contributed by atoms with Crippen molar-refractivity contribution in [2.45, 2.75) is 30.7 Å². The zero-order valence-electron chi connectivity index (χ0n) is 12.4. The Morgan fingerprint density at radius 2 is 2.14 bits per heavy atom. The Morgan fingerprint density at radius 1 is 1.33 bits per heavy atom. The predicted molar refractivity (Wildman–Crippen MR) is 84.0 cm³/mol. The Kier molecular flexibility index (Phi) is 4.19. The van der Waals surface area contributed by atoms with Crippen molar-refractivity contribution >= 4 is 15.7 Å². The topological polar surface area (TPSA) is 61.4 Å². The summed E-state index contributed by atoms with van der Waals surface area (Å²) in [5.41, 5.74) is 0.828. The molecule has 0 aliphatic carbocycles. The SMILES string of the molecule is CCNS(=O)(=O)c1ccccc1N1CC2CCCNC2C1. The normalized spacial score (nSPS) is 25.9. The first-order chi connectivity index (χ1) is 10.1. The summed E-state index contributed by atoms with van der Waals surface area (Å²) in [4.78, 5) is 2.61. The van der Waals surface area contributed by atoms with Gasteiger partial charge in [0.15, 0.2) is 0 Å². The molecule has 0 bridgehead atoms. The molecule has 0 radical (unpaired) electrons. The van der Waals surface area contributed by atoms with E-state index in [0.29, 0.717) is 23.4 Å². The molecular formula is C15H23N3O2S. The first kappa shape index (κ1) is 14.8. The van der Waals surface area contributed by atoms with E-state index in [1.165, 1.54) is 12.8 Å². The molecule has 2 unspecified atom stereocenters. The molecule has 2 saturated heterocycles. The van der Waals surface area contributed by atoms with Crippen LogP contribution in [0.15, 0.2) is 29.2 Å². The number of anilines is 1. The van der Waals surface area contributed by atoms with Gasteiger partial charge in [0.05, 0.1) is 5.69 Å². The highest BCUT2D eigenvalue weighted by atomic mass is 32.2. The molecule has 116 valence electrons. The first-order valence-electron chi connectivity index (χ1n) is 7.69. The Bertz CT molecular complexity index is 589. The number of hydrogen-bond acceptors (Lipinski definition) is 4. The number of piperidine rings is 1. The molecule has 2 aliphatic rings. The zero-order valence-corrected chi connectivity index (χ0v) is 13.2. The smallest absolute Gasteiger partial charge is 0.242 e. The number of rotatable bonds is 4. The fourth-order valence-electron chi connectivity index (χ4n) is 3.46. The highest BCUT2D eigenvalue weighted by molar-refractivity contribution is 7.89. The zero-order chi connectivity index (χ0) is 14.9. The molecule has 2 heterocycles. The number of sulfonamides is 1. The van der Waals surface area contributed by atoms with E-state index < -0.39 is 10.0 Å². The van der Waals surface area contributed by atoms with Gasteiger partial charge in [0, 0.05) is 25.7 Å². The van der Waals surface area contributed by atoms with Gasteiger partial charge in [0.1, 0.15) is 4.90 Å². The van der Waals surface area contributed by atoms with Crippen LogP contribution in [0.2, 0.25) is 0 Å². The number of para-hydroxylation sites is 1. The van der Waals surface area contributed by atoms with Crippen LogP contribution in [0.5, 0.6) is 0 Å². The van der Waals surface area contributed by atoms with Crippen LogP contribution >= 0.6 is 0 Å². The van der Waals surface area contributed by atoms with Gasteiger partial charge in [0.2, 0.25) is 10.0 Å². The van der Waals surface area contributed by atoms with E-state index in [1.807, 2.05) is 12.1 Å². The second-order valence-corrected chi connectivity index (χ2v) is 7.57. The molecule has 2 fully saturated rings. The van der Waals surface area contributed by atoms with E-state index in [2.05, 4.69) is 14.9 Å². The number of benzene rings is 1. The van der Waals surface area contributed by atoms with E-state index >= 15 is 0 Å². The Balaban J connectivity index is 1.89. The van der Waals surface area contributed by atoms with E-state index in [9.17, 15) is 8.42 Å². The summed E-state index contributed by atoms with van der Waals surface area (Å²) in [6, 6.07) is 7.81. The second kappa shape index (κ2) is 5.94. The standard InChI is InChI=1S/C15H23N3O2S/c1-2-17-21(19,20)15-8-4-3-7-14(15)18-10-12-6-5-9-16-13(12)11-18/h3-4,7-8,12-13,16-17H,2,5-6,9-11H2,1H3. The minimum absolute atomic E-state index is 0.394. The summed E-state index contributed by atoms with van der Waals surface area (Å²) in [6.45, 7) is 5.12. The highest BCUT2D eigenvalue weighted by Crippen LogP contribution is 2.32. The first-order valence-corrected chi connectivity index (χ1v) is 9.17. The van der Waals surface area contributed by atoms with Crippen LogP contribution in [0.1, 0.15) is 19.8 Å². The summed E-state index contributed by atoms with van der Waals surface area (Å²) in [7, 11) is -3.42. The molecule has 0 aromatic heterocycles. The lowest BCUT2D eigenvalue weighted by Gasteiger charge is -2.24. The number of nitrogens with zero attached hydrogens (tertiary/aromatic N) is 1. The van der Waals surface area contributed by atoms with Gasteiger partial charge in [-0.15, -0.1) is 0 Å². The van der Waals surface area contributed by atoms with Crippen molar-refractivity contribution in [3.63, 3.8) is 0 Å². The van der Waals surface area contributed by atoms with Gasteiger partial charge in [-0.1, -0.05) is 19.1 Å². The van der Waals surface area contributed by atoms with Crippen molar-refractivity contribution in [3.8, 4) is 0 Å². The average Bonchev–Trinajstić information content (AvgIpc) is 2.91. The van der Waals surface area contributed by atoms with E-state index in [0.717, 1.165) is 25.3 Å². The van der Waals surface area contributed by atoms with Crippen LogP contribution in [0.25, 0.3) is 0 Å².